The molecule has 2 atom stereocenters. The number of nitrogens with two attached hydrogens (primary N) is 1. The van der Waals surface area contributed by atoms with Crippen LogP contribution in [-0.2, 0) is 22.7 Å². The number of carbonyl (C=O) groups is 1. The standard InChI is InChI=1S/C15H21FN2O2/c1-20-9-12-6-10(2-5-14(12)16)8-18-15(19)11-3-4-13(17)7-11/h2,5-6,11,13H,3-4,7-9,17H2,1H3,(H,18,19). The van der Waals surface area contributed by atoms with Crippen LogP contribution in [0.1, 0.15) is 30.4 Å². The Morgan fingerprint density at radius 1 is 1.50 bits per heavy atom. The van der Waals surface area contributed by atoms with E-state index in [2.05, 4.69) is 5.32 Å². The van der Waals surface area contributed by atoms with Gasteiger partial charge in [0.25, 0.3) is 0 Å². The van der Waals surface area contributed by atoms with Crippen LogP contribution in [0.15, 0.2) is 18.2 Å². The number of ether oxygens (including phenoxy) is 1. The lowest BCUT2D eigenvalue weighted by molar-refractivity contribution is -0.125. The number of hydrogen-bond donors (Lipinski definition) is 2. The maximum atomic E-state index is 13.5. The lowest BCUT2D eigenvalue weighted by Crippen LogP contribution is -2.30. The summed E-state index contributed by atoms with van der Waals surface area (Å²) in [6.07, 6.45) is 2.52. The van der Waals surface area contributed by atoms with Gasteiger partial charge in [0.15, 0.2) is 0 Å². The van der Waals surface area contributed by atoms with Gasteiger partial charge in [0.2, 0.25) is 5.91 Å². The molecule has 1 fully saturated rings. The van der Waals surface area contributed by atoms with Gasteiger partial charge in [-0.3, -0.25) is 4.79 Å². The Morgan fingerprint density at radius 3 is 2.95 bits per heavy atom. The molecule has 20 heavy (non-hydrogen) atoms. The van der Waals surface area contributed by atoms with E-state index in [1.807, 2.05) is 0 Å². The summed E-state index contributed by atoms with van der Waals surface area (Å²) in [6, 6.07) is 4.94. The first kappa shape index (κ1) is 14.9. The number of benzene rings is 1. The Balaban J connectivity index is 1.90. The summed E-state index contributed by atoms with van der Waals surface area (Å²) in [5, 5.41) is 2.89. The monoisotopic (exact) mass is 280 g/mol. The fraction of sp³-hybridized carbons (Fsp3) is 0.533. The third-order valence-electron chi connectivity index (χ3n) is 3.72. The lowest BCUT2D eigenvalue weighted by atomic mass is 10.1. The van der Waals surface area contributed by atoms with Crippen molar-refractivity contribution in [2.24, 2.45) is 11.7 Å². The predicted octanol–water partition coefficient (Wildman–Crippen LogP) is 1.72. The molecule has 0 saturated heterocycles. The van der Waals surface area contributed by atoms with Gasteiger partial charge in [-0.1, -0.05) is 6.07 Å². The van der Waals surface area contributed by atoms with Gasteiger partial charge in [-0.25, -0.2) is 4.39 Å². The molecule has 0 spiro atoms. The van der Waals surface area contributed by atoms with Crippen molar-refractivity contribution in [3.05, 3.63) is 35.1 Å². The van der Waals surface area contributed by atoms with Crippen molar-refractivity contribution in [1.82, 2.24) is 5.32 Å². The van der Waals surface area contributed by atoms with Crippen molar-refractivity contribution in [3.8, 4) is 0 Å². The molecule has 3 N–H and O–H groups in total. The van der Waals surface area contributed by atoms with Crippen LogP contribution in [0.5, 0.6) is 0 Å². The average Bonchev–Trinajstić information content (AvgIpc) is 2.86. The van der Waals surface area contributed by atoms with Crippen molar-refractivity contribution in [3.63, 3.8) is 0 Å². The number of rotatable bonds is 5. The van der Waals surface area contributed by atoms with Crippen LogP contribution in [0.2, 0.25) is 0 Å². The highest BCUT2D eigenvalue weighted by atomic mass is 19.1. The SMILES string of the molecule is COCc1cc(CNC(=O)C2CCC(N)C2)ccc1F. The second-order valence-electron chi connectivity index (χ2n) is 5.35. The third-order valence-corrected chi connectivity index (χ3v) is 3.72. The van der Waals surface area contributed by atoms with E-state index in [9.17, 15) is 9.18 Å². The molecule has 1 aliphatic carbocycles. The fourth-order valence-electron chi connectivity index (χ4n) is 2.59. The molecule has 1 amide bonds. The normalized spacial score (nSPS) is 21.9. The molecule has 1 aromatic rings. The second kappa shape index (κ2) is 6.81. The number of carbonyl (C=O) groups excluding carboxylic acids is 1. The summed E-state index contributed by atoms with van der Waals surface area (Å²) >= 11 is 0. The van der Waals surface area contributed by atoms with Gasteiger partial charge in [-0.05, 0) is 37.0 Å². The number of halogens is 1. The van der Waals surface area contributed by atoms with Crippen molar-refractivity contribution in [2.45, 2.75) is 38.5 Å². The van der Waals surface area contributed by atoms with E-state index in [1.165, 1.54) is 13.2 Å². The smallest absolute Gasteiger partial charge is 0.223 e. The molecule has 0 heterocycles. The zero-order valence-corrected chi connectivity index (χ0v) is 11.7. The highest BCUT2D eigenvalue weighted by Crippen LogP contribution is 2.24. The summed E-state index contributed by atoms with van der Waals surface area (Å²) in [4.78, 5) is 12.0. The average molecular weight is 280 g/mol. The van der Waals surface area contributed by atoms with Gasteiger partial charge in [0.1, 0.15) is 5.82 Å². The number of nitrogens with one attached hydrogen (secondary N) is 1. The molecule has 4 nitrogen and oxygen atoms in total. The first-order valence-corrected chi connectivity index (χ1v) is 6.89. The molecule has 5 heteroatoms. The molecule has 0 aliphatic heterocycles. The molecule has 1 aromatic carbocycles. The molecule has 2 rings (SSSR count). The Kier molecular flexibility index (Phi) is 5.09. The first-order chi connectivity index (χ1) is 9.60. The summed E-state index contributed by atoms with van der Waals surface area (Å²) in [7, 11) is 1.53. The molecule has 2 unspecified atom stereocenters. The largest absolute Gasteiger partial charge is 0.380 e. The molecular weight excluding hydrogens is 259 g/mol. The van der Waals surface area contributed by atoms with Gasteiger partial charge < -0.3 is 15.8 Å². The minimum Gasteiger partial charge on any atom is -0.380 e. The number of hydrogen-bond acceptors (Lipinski definition) is 3. The summed E-state index contributed by atoms with van der Waals surface area (Å²) < 4.78 is 18.4. The topological polar surface area (TPSA) is 64.3 Å². The van der Waals surface area contributed by atoms with E-state index >= 15 is 0 Å². The molecule has 1 aliphatic rings. The molecule has 0 bridgehead atoms. The van der Waals surface area contributed by atoms with E-state index in [0.717, 1.165) is 24.8 Å². The molecule has 0 radical (unpaired) electrons. The van der Waals surface area contributed by atoms with Gasteiger partial charge >= 0.3 is 0 Å². The zero-order valence-electron chi connectivity index (χ0n) is 11.7. The highest BCUT2D eigenvalue weighted by molar-refractivity contribution is 5.79. The van der Waals surface area contributed by atoms with Gasteiger partial charge in [-0.15, -0.1) is 0 Å². The van der Waals surface area contributed by atoms with Crippen LogP contribution >= 0.6 is 0 Å². The lowest BCUT2D eigenvalue weighted by Gasteiger charge is -2.11. The fourth-order valence-corrected chi connectivity index (χ4v) is 2.59. The number of amides is 1. The molecule has 110 valence electrons. The van der Waals surface area contributed by atoms with E-state index in [4.69, 9.17) is 10.5 Å². The van der Waals surface area contributed by atoms with Crippen molar-refractivity contribution < 1.29 is 13.9 Å². The van der Waals surface area contributed by atoms with Crippen LogP contribution in [0.3, 0.4) is 0 Å². The van der Waals surface area contributed by atoms with Crippen molar-refractivity contribution >= 4 is 5.91 Å². The Morgan fingerprint density at radius 2 is 2.30 bits per heavy atom. The zero-order chi connectivity index (χ0) is 14.5. The summed E-state index contributed by atoms with van der Waals surface area (Å²) in [6.45, 7) is 0.632. The van der Waals surface area contributed by atoms with E-state index in [1.54, 1.807) is 12.1 Å². The third kappa shape index (κ3) is 3.77. The van der Waals surface area contributed by atoms with E-state index in [0.29, 0.717) is 12.1 Å². The van der Waals surface area contributed by atoms with Crippen molar-refractivity contribution in [2.75, 3.05) is 7.11 Å². The van der Waals surface area contributed by atoms with Crippen LogP contribution in [-0.4, -0.2) is 19.1 Å². The first-order valence-electron chi connectivity index (χ1n) is 6.89. The van der Waals surface area contributed by atoms with Crippen molar-refractivity contribution in [1.29, 1.82) is 0 Å². The second-order valence-corrected chi connectivity index (χ2v) is 5.35. The quantitative estimate of drug-likeness (QED) is 0.863. The minimum atomic E-state index is -0.288. The number of methoxy groups -OCH3 is 1. The Hall–Kier alpha value is -1.46. The van der Waals surface area contributed by atoms with E-state index < -0.39 is 0 Å². The van der Waals surface area contributed by atoms with Crippen LogP contribution in [0.25, 0.3) is 0 Å². The summed E-state index contributed by atoms with van der Waals surface area (Å²) in [5.41, 5.74) is 7.18. The van der Waals surface area contributed by atoms with Crippen LogP contribution < -0.4 is 11.1 Å². The van der Waals surface area contributed by atoms with Gasteiger partial charge in [0, 0.05) is 31.2 Å². The van der Waals surface area contributed by atoms with Gasteiger partial charge in [0.05, 0.1) is 6.61 Å². The molecular formula is C15H21FN2O2. The van der Waals surface area contributed by atoms with Gasteiger partial charge in [-0.2, -0.15) is 0 Å². The van der Waals surface area contributed by atoms with Crippen LogP contribution in [0.4, 0.5) is 4.39 Å². The van der Waals surface area contributed by atoms with Crippen LogP contribution in [0, 0.1) is 11.7 Å². The highest BCUT2D eigenvalue weighted by Gasteiger charge is 2.27. The summed E-state index contributed by atoms with van der Waals surface area (Å²) in [5.74, 6) is -0.233. The Bertz CT molecular complexity index is 479. The molecule has 1 saturated carbocycles. The maximum absolute atomic E-state index is 13.5. The molecule has 0 aromatic heterocycles. The Labute approximate surface area is 118 Å². The minimum absolute atomic E-state index is 0.0175. The predicted molar refractivity (Wildman–Crippen MR) is 74.3 cm³/mol. The maximum Gasteiger partial charge on any atom is 0.223 e. The van der Waals surface area contributed by atoms with E-state index in [-0.39, 0.29) is 30.3 Å².